The van der Waals surface area contributed by atoms with E-state index in [1.54, 1.807) is 4.90 Å². The van der Waals surface area contributed by atoms with Gasteiger partial charge in [-0.1, -0.05) is 12.1 Å². The summed E-state index contributed by atoms with van der Waals surface area (Å²) >= 11 is 0. The Morgan fingerprint density at radius 2 is 1.67 bits per heavy atom. The second-order valence-corrected chi connectivity index (χ2v) is 8.40. The number of likely N-dealkylation sites (tertiary alicyclic amines) is 2. The molecule has 0 saturated carbocycles. The molecule has 3 saturated heterocycles. The molecule has 0 unspecified atom stereocenters. The first kappa shape index (κ1) is 20.7. The molecule has 8 heteroatoms. The fourth-order valence-corrected chi connectivity index (χ4v) is 4.41. The van der Waals surface area contributed by atoms with E-state index >= 15 is 0 Å². The molecule has 3 fully saturated rings. The molecule has 0 spiro atoms. The number of hydrogen-bond acceptors (Lipinski definition) is 4. The molecule has 162 valence electrons. The zero-order chi connectivity index (χ0) is 20.9. The molecule has 30 heavy (non-hydrogen) atoms. The van der Waals surface area contributed by atoms with E-state index in [0.29, 0.717) is 45.7 Å². The number of carbonyl (C=O) groups is 3. The Morgan fingerprint density at radius 3 is 2.37 bits per heavy atom. The lowest BCUT2D eigenvalue weighted by molar-refractivity contribution is -0.131. The van der Waals surface area contributed by atoms with E-state index in [0.717, 1.165) is 50.1 Å². The van der Waals surface area contributed by atoms with Crippen molar-refractivity contribution < 1.29 is 14.4 Å². The summed E-state index contributed by atoms with van der Waals surface area (Å²) in [5.41, 5.74) is 1.77. The molecular formula is C22H31N5O3. The number of amides is 4. The quantitative estimate of drug-likeness (QED) is 0.795. The van der Waals surface area contributed by atoms with Gasteiger partial charge in [-0.15, -0.1) is 0 Å². The first-order valence-corrected chi connectivity index (χ1v) is 11.0. The predicted molar refractivity (Wildman–Crippen MR) is 114 cm³/mol. The van der Waals surface area contributed by atoms with Crippen LogP contribution in [0.15, 0.2) is 24.3 Å². The molecule has 0 bridgehead atoms. The smallest absolute Gasteiger partial charge is 0.321 e. The van der Waals surface area contributed by atoms with Crippen molar-refractivity contribution in [2.24, 2.45) is 0 Å². The molecule has 0 atom stereocenters. The van der Waals surface area contributed by atoms with Gasteiger partial charge in [0.2, 0.25) is 11.8 Å². The van der Waals surface area contributed by atoms with Gasteiger partial charge in [0.25, 0.3) is 0 Å². The van der Waals surface area contributed by atoms with E-state index < -0.39 is 0 Å². The van der Waals surface area contributed by atoms with Gasteiger partial charge in [-0.3, -0.25) is 14.5 Å². The lowest BCUT2D eigenvalue weighted by atomic mass is 10.2. The molecule has 1 aromatic rings. The second kappa shape index (κ2) is 9.47. The standard InChI is InChI=1S/C22H31N5O3/c28-20-7-4-10-27(20)16-18-5-3-6-19(15-18)23-22(30)26-13-11-24(12-14-26)17-21(29)25-8-1-2-9-25/h3,5-6,15H,1-2,4,7-14,16-17H2,(H,23,30). The molecule has 0 radical (unpaired) electrons. The number of piperazine rings is 1. The van der Waals surface area contributed by atoms with Crippen LogP contribution in [0.4, 0.5) is 10.5 Å². The van der Waals surface area contributed by atoms with E-state index in [4.69, 9.17) is 0 Å². The molecule has 1 aromatic carbocycles. The highest BCUT2D eigenvalue weighted by molar-refractivity contribution is 5.89. The van der Waals surface area contributed by atoms with Crippen molar-refractivity contribution in [3.63, 3.8) is 0 Å². The molecule has 3 aliphatic heterocycles. The maximum absolute atomic E-state index is 12.7. The van der Waals surface area contributed by atoms with Crippen LogP contribution in [0.5, 0.6) is 0 Å². The lowest BCUT2D eigenvalue weighted by Crippen LogP contribution is -2.52. The molecular weight excluding hydrogens is 382 g/mol. The molecule has 3 aliphatic rings. The number of benzene rings is 1. The maximum Gasteiger partial charge on any atom is 0.321 e. The number of hydrogen-bond donors (Lipinski definition) is 1. The third-order valence-corrected chi connectivity index (χ3v) is 6.20. The monoisotopic (exact) mass is 413 g/mol. The van der Waals surface area contributed by atoms with Crippen molar-refractivity contribution in [1.82, 2.24) is 19.6 Å². The lowest BCUT2D eigenvalue weighted by Gasteiger charge is -2.35. The van der Waals surface area contributed by atoms with Crippen LogP contribution >= 0.6 is 0 Å². The summed E-state index contributed by atoms with van der Waals surface area (Å²) in [7, 11) is 0. The fourth-order valence-electron chi connectivity index (χ4n) is 4.41. The number of carbonyl (C=O) groups excluding carboxylic acids is 3. The van der Waals surface area contributed by atoms with Crippen LogP contribution in [0.3, 0.4) is 0 Å². The Bertz CT molecular complexity index is 785. The zero-order valence-electron chi connectivity index (χ0n) is 17.5. The van der Waals surface area contributed by atoms with E-state index in [2.05, 4.69) is 10.2 Å². The number of rotatable bonds is 5. The van der Waals surface area contributed by atoms with Gasteiger partial charge >= 0.3 is 6.03 Å². The van der Waals surface area contributed by atoms with E-state index in [1.807, 2.05) is 34.1 Å². The third kappa shape index (κ3) is 5.11. The third-order valence-electron chi connectivity index (χ3n) is 6.20. The van der Waals surface area contributed by atoms with E-state index in [9.17, 15) is 14.4 Å². The van der Waals surface area contributed by atoms with Crippen molar-refractivity contribution in [2.45, 2.75) is 32.2 Å². The zero-order valence-corrected chi connectivity index (χ0v) is 17.5. The summed E-state index contributed by atoms with van der Waals surface area (Å²) in [5.74, 6) is 0.407. The van der Waals surface area contributed by atoms with Crippen LogP contribution < -0.4 is 5.32 Å². The topological polar surface area (TPSA) is 76.2 Å². The van der Waals surface area contributed by atoms with E-state index in [1.165, 1.54) is 0 Å². The van der Waals surface area contributed by atoms with Gasteiger partial charge in [0.15, 0.2) is 0 Å². The van der Waals surface area contributed by atoms with Crippen molar-refractivity contribution >= 4 is 23.5 Å². The first-order chi connectivity index (χ1) is 14.6. The minimum atomic E-state index is -0.116. The van der Waals surface area contributed by atoms with E-state index in [-0.39, 0.29) is 17.8 Å². The molecule has 4 amide bonds. The maximum atomic E-state index is 12.7. The fraction of sp³-hybridized carbons (Fsp3) is 0.591. The summed E-state index contributed by atoms with van der Waals surface area (Å²) in [5, 5.41) is 2.98. The predicted octanol–water partition coefficient (Wildman–Crippen LogP) is 1.58. The molecule has 0 aromatic heterocycles. The second-order valence-electron chi connectivity index (χ2n) is 8.40. The average Bonchev–Trinajstić information content (AvgIpc) is 3.41. The number of urea groups is 1. The number of nitrogens with zero attached hydrogens (tertiary/aromatic N) is 4. The van der Waals surface area contributed by atoms with Gasteiger partial charge in [-0.05, 0) is 37.0 Å². The van der Waals surface area contributed by atoms with Gasteiger partial charge in [0, 0.05) is 64.5 Å². The van der Waals surface area contributed by atoms with Crippen LogP contribution in [0.1, 0.15) is 31.2 Å². The van der Waals surface area contributed by atoms with Crippen LogP contribution in [0, 0.1) is 0 Å². The minimum absolute atomic E-state index is 0.116. The first-order valence-electron chi connectivity index (χ1n) is 11.0. The Balaban J connectivity index is 1.24. The highest BCUT2D eigenvalue weighted by Gasteiger charge is 2.25. The van der Waals surface area contributed by atoms with Gasteiger partial charge in [0.1, 0.15) is 0 Å². The van der Waals surface area contributed by atoms with Crippen molar-refractivity contribution in [3.8, 4) is 0 Å². The molecule has 3 heterocycles. The molecule has 0 aliphatic carbocycles. The number of nitrogens with one attached hydrogen (secondary N) is 1. The highest BCUT2D eigenvalue weighted by atomic mass is 16.2. The van der Waals surface area contributed by atoms with Gasteiger partial charge in [-0.25, -0.2) is 4.79 Å². The summed E-state index contributed by atoms with van der Waals surface area (Å²) in [6, 6.07) is 7.59. The molecule has 1 N–H and O–H groups in total. The Kier molecular flexibility index (Phi) is 6.52. The largest absolute Gasteiger partial charge is 0.342 e. The summed E-state index contributed by atoms with van der Waals surface area (Å²) in [6.45, 7) is 6.26. The SMILES string of the molecule is O=C(CN1CCN(C(=O)Nc2cccc(CN3CCCC3=O)c2)CC1)N1CCCC1. The van der Waals surface area contributed by atoms with Gasteiger partial charge in [0.05, 0.1) is 6.54 Å². The normalized spacial score (nSPS) is 20.1. The van der Waals surface area contributed by atoms with Crippen LogP contribution in [-0.4, -0.2) is 89.8 Å². The molecule has 8 nitrogen and oxygen atoms in total. The van der Waals surface area contributed by atoms with Gasteiger partial charge < -0.3 is 20.0 Å². The van der Waals surface area contributed by atoms with Crippen molar-refractivity contribution in [3.05, 3.63) is 29.8 Å². The Labute approximate surface area is 177 Å². The van der Waals surface area contributed by atoms with Crippen molar-refractivity contribution in [2.75, 3.05) is 57.7 Å². The average molecular weight is 414 g/mol. The number of anilines is 1. The summed E-state index contributed by atoms with van der Waals surface area (Å²) in [4.78, 5) is 44.6. The Hall–Kier alpha value is -2.61. The minimum Gasteiger partial charge on any atom is -0.342 e. The highest BCUT2D eigenvalue weighted by Crippen LogP contribution is 2.18. The Morgan fingerprint density at radius 1 is 0.900 bits per heavy atom. The summed E-state index contributed by atoms with van der Waals surface area (Å²) in [6.07, 6.45) is 3.77. The van der Waals surface area contributed by atoms with Crippen LogP contribution in [0.2, 0.25) is 0 Å². The van der Waals surface area contributed by atoms with Gasteiger partial charge in [-0.2, -0.15) is 0 Å². The van der Waals surface area contributed by atoms with Crippen molar-refractivity contribution in [1.29, 1.82) is 0 Å². The van der Waals surface area contributed by atoms with Crippen LogP contribution in [-0.2, 0) is 16.1 Å². The summed E-state index contributed by atoms with van der Waals surface area (Å²) < 4.78 is 0. The van der Waals surface area contributed by atoms with Crippen LogP contribution in [0.25, 0.3) is 0 Å². The molecule has 4 rings (SSSR count).